The van der Waals surface area contributed by atoms with Gasteiger partial charge >= 0.3 is 0 Å². The van der Waals surface area contributed by atoms with Gasteiger partial charge in [-0.15, -0.1) is 5.10 Å². The molecular formula is C19H18N6O2. The molecule has 1 aromatic carbocycles. The van der Waals surface area contributed by atoms with E-state index in [1.54, 1.807) is 19.4 Å². The minimum Gasteiger partial charge on any atom is -0.486 e. The first-order valence-electron chi connectivity index (χ1n) is 8.34. The molecule has 136 valence electrons. The van der Waals surface area contributed by atoms with Crippen LogP contribution in [0.1, 0.15) is 11.1 Å². The van der Waals surface area contributed by atoms with E-state index in [2.05, 4.69) is 31.4 Å². The maximum atomic E-state index is 5.93. The molecule has 0 atom stereocenters. The lowest BCUT2D eigenvalue weighted by molar-refractivity contribution is 0.308. The molecular weight excluding hydrogens is 344 g/mol. The summed E-state index contributed by atoms with van der Waals surface area (Å²) in [5.41, 5.74) is 11.1. The molecule has 0 spiro atoms. The average Bonchev–Trinajstić information content (AvgIpc) is 3.15. The molecule has 0 fully saturated rings. The Morgan fingerprint density at radius 1 is 1.07 bits per heavy atom. The molecule has 3 heterocycles. The molecule has 8 heteroatoms. The lowest BCUT2D eigenvalue weighted by Gasteiger charge is -2.11. The van der Waals surface area contributed by atoms with Crippen molar-refractivity contribution < 1.29 is 9.47 Å². The summed E-state index contributed by atoms with van der Waals surface area (Å²) in [4.78, 5) is 8.36. The third-order valence-electron chi connectivity index (χ3n) is 4.28. The van der Waals surface area contributed by atoms with Crippen molar-refractivity contribution in [2.45, 2.75) is 13.5 Å². The van der Waals surface area contributed by atoms with Crippen LogP contribution in [0.5, 0.6) is 11.6 Å². The van der Waals surface area contributed by atoms with Gasteiger partial charge in [-0.3, -0.25) is 0 Å². The van der Waals surface area contributed by atoms with Gasteiger partial charge in [-0.05, 0) is 29.7 Å². The number of nitrogen functional groups attached to an aromatic ring is 1. The molecule has 3 N–H and O–H groups in total. The third-order valence-corrected chi connectivity index (χ3v) is 4.28. The minimum atomic E-state index is 0.338. The summed E-state index contributed by atoms with van der Waals surface area (Å²) in [5, 5.41) is 10.5. The van der Waals surface area contributed by atoms with E-state index in [0.29, 0.717) is 35.2 Å². The molecule has 0 saturated heterocycles. The Kier molecular flexibility index (Phi) is 4.29. The zero-order valence-corrected chi connectivity index (χ0v) is 14.9. The molecule has 0 saturated carbocycles. The average molecular weight is 362 g/mol. The number of fused-ring (bicyclic) bond motifs is 1. The van der Waals surface area contributed by atoms with Gasteiger partial charge in [0, 0.05) is 23.9 Å². The van der Waals surface area contributed by atoms with E-state index in [1.165, 1.54) is 0 Å². The molecule has 3 aromatic heterocycles. The summed E-state index contributed by atoms with van der Waals surface area (Å²) in [7, 11) is 1.60. The van der Waals surface area contributed by atoms with Crippen molar-refractivity contribution in [2.75, 3.05) is 12.8 Å². The SMILES string of the molecule is COc1ccc(-c2ccc(COc3cc(N)nc4n[nH]nc34)c(C)c2)cn1. The second-order valence-electron chi connectivity index (χ2n) is 6.06. The number of hydrogen-bond donors (Lipinski definition) is 2. The quantitative estimate of drug-likeness (QED) is 0.561. The second-order valence-corrected chi connectivity index (χ2v) is 6.06. The van der Waals surface area contributed by atoms with Gasteiger partial charge in [-0.1, -0.05) is 18.2 Å². The second kappa shape index (κ2) is 6.91. The summed E-state index contributed by atoms with van der Waals surface area (Å²) < 4.78 is 11.0. The summed E-state index contributed by atoms with van der Waals surface area (Å²) in [6.07, 6.45) is 1.80. The number of rotatable bonds is 5. The van der Waals surface area contributed by atoms with Crippen molar-refractivity contribution in [3.05, 3.63) is 53.7 Å². The van der Waals surface area contributed by atoms with E-state index in [-0.39, 0.29) is 0 Å². The first-order chi connectivity index (χ1) is 13.1. The summed E-state index contributed by atoms with van der Waals surface area (Å²) in [6.45, 7) is 2.43. The van der Waals surface area contributed by atoms with E-state index in [1.807, 2.05) is 31.2 Å². The molecule has 4 rings (SSSR count). The number of H-pyrrole nitrogens is 1. The van der Waals surface area contributed by atoms with E-state index >= 15 is 0 Å². The number of benzene rings is 1. The largest absolute Gasteiger partial charge is 0.486 e. The first kappa shape index (κ1) is 16.8. The maximum Gasteiger partial charge on any atom is 0.212 e. The molecule has 0 aliphatic heterocycles. The summed E-state index contributed by atoms with van der Waals surface area (Å²) in [5.74, 6) is 1.48. The Bertz CT molecular complexity index is 1090. The summed E-state index contributed by atoms with van der Waals surface area (Å²) in [6, 6.07) is 11.7. The van der Waals surface area contributed by atoms with Crippen LogP contribution < -0.4 is 15.2 Å². The highest BCUT2D eigenvalue weighted by Crippen LogP contribution is 2.26. The molecule has 0 unspecified atom stereocenters. The smallest absolute Gasteiger partial charge is 0.212 e. The number of nitrogens with zero attached hydrogens (tertiary/aromatic N) is 4. The molecule has 0 bridgehead atoms. The topological polar surface area (TPSA) is 112 Å². The number of hydrogen-bond acceptors (Lipinski definition) is 7. The van der Waals surface area contributed by atoms with Crippen LogP contribution in [0, 0.1) is 6.92 Å². The van der Waals surface area contributed by atoms with Gasteiger partial charge in [0.1, 0.15) is 12.4 Å². The van der Waals surface area contributed by atoms with Crippen molar-refractivity contribution in [1.82, 2.24) is 25.4 Å². The molecule has 27 heavy (non-hydrogen) atoms. The van der Waals surface area contributed by atoms with E-state index in [0.717, 1.165) is 22.3 Å². The molecule has 8 nitrogen and oxygen atoms in total. The van der Waals surface area contributed by atoms with Crippen LogP contribution >= 0.6 is 0 Å². The van der Waals surface area contributed by atoms with Gasteiger partial charge < -0.3 is 15.2 Å². The highest BCUT2D eigenvalue weighted by atomic mass is 16.5. The van der Waals surface area contributed by atoms with Crippen molar-refractivity contribution in [3.63, 3.8) is 0 Å². The molecule has 0 aliphatic carbocycles. The Morgan fingerprint density at radius 3 is 2.67 bits per heavy atom. The lowest BCUT2D eigenvalue weighted by Crippen LogP contribution is -2.00. The number of ether oxygens (including phenoxy) is 2. The van der Waals surface area contributed by atoms with Gasteiger partial charge in [-0.25, -0.2) is 9.97 Å². The van der Waals surface area contributed by atoms with Crippen LogP contribution in [0.4, 0.5) is 5.82 Å². The van der Waals surface area contributed by atoms with Crippen LogP contribution in [0.3, 0.4) is 0 Å². The van der Waals surface area contributed by atoms with Gasteiger partial charge in [0.15, 0.2) is 11.3 Å². The normalized spacial score (nSPS) is 10.9. The first-order valence-corrected chi connectivity index (χ1v) is 8.34. The fourth-order valence-electron chi connectivity index (χ4n) is 2.80. The molecule has 4 aromatic rings. The number of methoxy groups -OCH3 is 1. The van der Waals surface area contributed by atoms with E-state index in [4.69, 9.17) is 15.2 Å². The number of anilines is 1. The van der Waals surface area contributed by atoms with Gasteiger partial charge in [-0.2, -0.15) is 10.3 Å². The van der Waals surface area contributed by atoms with Crippen LogP contribution in [-0.2, 0) is 6.61 Å². The Hall–Kier alpha value is -3.68. The fraction of sp³-hybridized carbons (Fsp3) is 0.158. The highest BCUT2D eigenvalue weighted by molar-refractivity contribution is 5.78. The van der Waals surface area contributed by atoms with Crippen molar-refractivity contribution in [1.29, 1.82) is 0 Å². The highest BCUT2D eigenvalue weighted by Gasteiger charge is 2.11. The predicted molar refractivity (Wildman–Crippen MR) is 101 cm³/mol. The molecule has 0 aliphatic rings. The zero-order valence-electron chi connectivity index (χ0n) is 14.9. The van der Waals surface area contributed by atoms with E-state index < -0.39 is 0 Å². The van der Waals surface area contributed by atoms with Crippen molar-refractivity contribution >= 4 is 17.0 Å². The van der Waals surface area contributed by atoms with Crippen molar-refractivity contribution in [3.8, 4) is 22.8 Å². The zero-order chi connectivity index (χ0) is 18.8. The monoisotopic (exact) mass is 362 g/mol. The van der Waals surface area contributed by atoms with Crippen LogP contribution in [0.15, 0.2) is 42.6 Å². The van der Waals surface area contributed by atoms with Crippen LogP contribution in [0.25, 0.3) is 22.3 Å². The fourth-order valence-corrected chi connectivity index (χ4v) is 2.80. The molecule has 0 amide bonds. The van der Waals surface area contributed by atoms with Gasteiger partial charge in [0.25, 0.3) is 0 Å². The molecule has 0 radical (unpaired) electrons. The van der Waals surface area contributed by atoms with Crippen molar-refractivity contribution in [2.24, 2.45) is 0 Å². The minimum absolute atomic E-state index is 0.338. The third kappa shape index (κ3) is 3.37. The number of pyridine rings is 2. The van der Waals surface area contributed by atoms with Crippen LogP contribution in [0.2, 0.25) is 0 Å². The number of nitrogens with one attached hydrogen (secondary N) is 1. The number of aromatic amines is 1. The summed E-state index contributed by atoms with van der Waals surface area (Å²) >= 11 is 0. The van der Waals surface area contributed by atoms with Crippen LogP contribution in [-0.4, -0.2) is 32.5 Å². The maximum absolute atomic E-state index is 5.93. The number of aromatic nitrogens is 5. The lowest BCUT2D eigenvalue weighted by atomic mass is 10.0. The Labute approximate surface area is 155 Å². The van der Waals surface area contributed by atoms with Gasteiger partial charge in [0.2, 0.25) is 11.5 Å². The predicted octanol–water partition coefficient (Wildman–Crippen LogP) is 2.89. The Balaban J connectivity index is 1.55. The van der Waals surface area contributed by atoms with Gasteiger partial charge in [0.05, 0.1) is 7.11 Å². The Morgan fingerprint density at radius 2 is 1.93 bits per heavy atom. The van der Waals surface area contributed by atoms with E-state index in [9.17, 15) is 0 Å². The number of nitrogens with two attached hydrogens (primary N) is 1. The standard InChI is InChI=1S/C19H18N6O2/c1-11-7-12(13-5-6-17(26-2)21-9-13)3-4-14(11)10-27-15-8-16(20)22-19-18(15)23-25-24-19/h3-9H,10H2,1-2H3,(H3,20,22,23,24,25). The number of aryl methyl sites for hydroxylation is 1.